The molecule has 2 heterocycles. The number of hydrogen-bond acceptors (Lipinski definition) is 11. The third kappa shape index (κ3) is 3.48. The van der Waals surface area contributed by atoms with Crippen molar-refractivity contribution in [2.24, 2.45) is 33.5 Å². The van der Waals surface area contributed by atoms with Crippen molar-refractivity contribution in [3.63, 3.8) is 0 Å². The lowest BCUT2D eigenvalue weighted by atomic mass is 9.38. The van der Waals surface area contributed by atoms with Crippen LogP contribution >= 0.6 is 0 Å². The van der Waals surface area contributed by atoms with Crippen LogP contribution in [0.25, 0.3) is 0 Å². The minimum absolute atomic E-state index is 0.146. The molecule has 0 amide bonds. The van der Waals surface area contributed by atoms with Crippen LogP contribution in [-0.4, -0.2) is 65.6 Å². The number of ketones is 2. The molecule has 45 heavy (non-hydrogen) atoms. The van der Waals surface area contributed by atoms with E-state index in [-0.39, 0.29) is 11.5 Å². The largest absolute Gasteiger partial charge is 0.504 e. The van der Waals surface area contributed by atoms with Crippen molar-refractivity contribution in [3.05, 3.63) is 47.6 Å². The first-order valence-electron chi connectivity index (χ1n) is 15.4. The molecule has 0 bridgehead atoms. The summed E-state index contributed by atoms with van der Waals surface area (Å²) >= 11 is 0. The van der Waals surface area contributed by atoms with Gasteiger partial charge < -0.3 is 28.5 Å². The number of fused-ring (bicyclic) bond motifs is 3. The number of Topliss-reactive ketones (excluding diaryl/α,β-unsaturated/α-hetero) is 1. The van der Waals surface area contributed by atoms with Gasteiger partial charge in [0.25, 0.3) is 0 Å². The van der Waals surface area contributed by atoms with E-state index in [9.17, 15) is 29.1 Å². The number of ether oxygens (including phenoxy) is 4. The maximum atomic E-state index is 14.9. The Labute approximate surface area is 261 Å². The van der Waals surface area contributed by atoms with Gasteiger partial charge in [-0.1, -0.05) is 33.8 Å². The van der Waals surface area contributed by atoms with Gasteiger partial charge in [0, 0.05) is 35.2 Å². The van der Waals surface area contributed by atoms with Crippen LogP contribution in [0, 0.1) is 33.5 Å². The molecule has 1 aromatic rings. The molecule has 11 heteroatoms. The second-order valence-electron chi connectivity index (χ2n) is 14.0. The molecule has 1 aliphatic heterocycles. The molecular weight excluding hydrogens is 584 g/mol. The van der Waals surface area contributed by atoms with Gasteiger partial charge in [-0.3, -0.25) is 24.0 Å². The molecule has 2 saturated carbocycles. The van der Waals surface area contributed by atoms with Crippen LogP contribution in [-0.2, 0) is 42.9 Å². The van der Waals surface area contributed by atoms with Gasteiger partial charge in [-0.25, -0.2) is 0 Å². The van der Waals surface area contributed by atoms with Crippen molar-refractivity contribution in [3.8, 4) is 0 Å². The van der Waals surface area contributed by atoms with Crippen molar-refractivity contribution < 1.29 is 52.4 Å². The Morgan fingerprint density at radius 1 is 1.13 bits per heavy atom. The van der Waals surface area contributed by atoms with Gasteiger partial charge in [0.05, 0.1) is 37.1 Å². The molecule has 11 unspecified atom stereocenters. The summed E-state index contributed by atoms with van der Waals surface area (Å²) in [6, 6.07) is 1.81. The number of allylic oxidation sites excluding steroid dienone is 3. The summed E-state index contributed by atoms with van der Waals surface area (Å²) in [5.74, 6) is -6.17. The average molecular weight is 625 g/mol. The molecule has 242 valence electrons. The second kappa shape index (κ2) is 9.64. The zero-order valence-electron chi connectivity index (χ0n) is 26.8. The van der Waals surface area contributed by atoms with Crippen LogP contribution in [0.1, 0.15) is 72.8 Å². The molecular formula is C34H40O11. The first-order valence-corrected chi connectivity index (χ1v) is 15.4. The number of carbonyl (C=O) groups is 5. The molecule has 0 radical (unpaired) electrons. The Kier molecular flexibility index (Phi) is 6.70. The number of epoxide rings is 1. The lowest BCUT2D eigenvalue weighted by molar-refractivity contribution is -0.249. The molecule has 3 fully saturated rings. The Balaban J connectivity index is 1.68. The maximum Gasteiger partial charge on any atom is 0.323 e. The Bertz CT molecular complexity index is 1570. The molecule has 11 atom stereocenters. The quantitative estimate of drug-likeness (QED) is 0.210. The summed E-state index contributed by atoms with van der Waals surface area (Å²) in [6.07, 6.45) is 4.00. The van der Waals surface area contributed by atoms with Crippen LogP contribution in [0.15, 0.2) is 46.5 Å². The predicted molar refractivity (Wildman–Crippen MR) is 155 cm³/mol. The van der Waals surface area contributed by atoms with Crippen molar-refractivity contribution in [2.45, 2.75) is 91.1 Å². The van der Waals surface area contributed by atoms with Crippen LogP contribution in [0.2, 0.25) is 0 Å². The van der Waals surface area contributed by atoms with Gasteiger partial charge in [-0.2, -0.15) is 0 Å². The molecule has 1 spiro atoms. The number of carbonyl (C=O) groups excluding carboxylic acids is 5. The highest BCUT2D eigenvalue weighted by molar-refractivity contribution is 6.15. The van der Waals surface area contributed by atoms with E-state index in [0.29, 0.717) is 12.8 Å². The second-order valence-corrected chi connectivity index (χ2v) is 14.0. The van der Waals surface area contributed by atoms with Crippen LogP contribution < -0.4 is 0 Å². The van der Waals surface area contributed by atoms with Gasteiger partial charge >= 0.3 is 17.9 Å². The van der Waals surface area contributed by atoms with Gasteiger partial charge in [0.1, 0.15) is 17.8 Å². The minimum Gasteiger partial charge on any atom is -0.504 e. The molecule has 5 aliphatic rings. The first kappa shape index (κ1) is 31.3. The fourth-order valence-corrected chi connectivity index (χ4v) is 9.90. The highest BCUT2D eigenvalue weighted by atomic mass is 16.6. The summed E-state index contributed by atoms with van der Waals surface area (Å²) in [7, 11) is 1.12. The number of furan rings is 1. The molecule has 4 aliphatic carbocycles. The molecule has 1 N–H and O–H groups in total. The number of methoxy groups -OCH3 is 1. The summed E-state index contributed by atoms with van der Waals surface area (Å²) in [6.45, 7) is 11.4. The van der Waals surface area contributed by atoms with E-state index in [1.807, 2.05) is 19.9 Å². The molecule has 11 nitrogen and oxygen atoms in total. The normalized spacial score (nSPS) is 43.4. The lowest BCUT2D eigenvalue weighted by Crippen LogP contribution is -2.76. The van der Waals surface area contributed by atoms with E-state index in [1.165, 1.54) is 19.9 Å². The SMILES string of the molecule is CCC(C)C(=O)OC1C(OC(C)=O)C2C3(C)C=CC(=O)C(C)(C(=O)OC)C3=C(O)C(=O)C2(C)C23OC2CC(c2ccoc2)C13C. The lowest BCUT2D eigenvalue weighted by Gasteiger charge is -2.65. The van der Waals surface area contributed by atoms with E-state index in [1.54, 1.807) is 39.4 Å². The van der Waals surface area contributed by atoms with Crippen molar-refractivity contribution in [2.75, 3.05) is 7.11 Å². The van der Waals surface area contributed by atoms with E-state index < -0.39 is 92.6 Å². The zero-order valence-corrected chi connectivity index (χ0v) is 26.8. The number of hydrogen-bond donors (Lipinski definition) is 1. The minimum atomic E-state index is -2.06. The number of aliphatic hydroxyl groups is 1. The highest BCUT2D eigenvalue weighted by Gasteiger charge is 2.92. The predicted octanol–water partition coefficient (Wildman–Crippen LogP) is 4.16. The van der Waals surface area contributed by atoms with E-state index in [2.05, 4.69) is 0 Å². The van der Waals surface area contributed by atoms with Gasteiger partial charge in [0.15, 0.2) is 17.0 Å². The third-order valence-electron chi connectivity index (χ3n) is 12.1. The smallest absolute Gasteiger partial charge is 0.323 e. The fourth-order valence-electron chi connectivity index (χ4n) is 9.90. The number of esters is 3. The summed E-state index contributed by atoms with van der Waals surface area (Å²) in [5.41, 5.74) is -6.86. The molecule has 0 aromatic carbocycles. The topological polar surface area (TPSA) is 159 Å². The summed E-state index contributed by atoms with van der Waals surface area (Å²) < 4.78 is 29.6. The fraction of sp³-hybridized carbons (Fsp3) is 0.618. The van der Waals surface area contributed by atoms with Crippen LogP contribution in [0.3, 0.4) is 0 Å². The summed E-state index contributed by atoms with van der Waals surface area (Å²) in [4.78, 5) is 68.2. The van der Waals surface area contributed by atoms with Gasteiger partial charge in [-0.05, 0) is 44.4 Å². The third-order valence-corrected chi connectivity index (χ3v) is 12.1. The van der Waals surface area contributed by atoms with E-state index in [0.717, 1.165) is 12.7 Å². The van der Waals surface area contributed by atoms with Gasteiger partial charge in [-0.15, -0.1) is 0 Å². The molecule has 1 aromatic heterocycles. The standard InChI is InChI=1S/C34H40O11/c1-9-16(2)28(39)44-27-23(43-17(3)35)25-30(4)12-10-20(36)31(5,29(40)41-8)24(30)22(37)26(38)33(25,7)34-21(45-34)14-19(32(27,34)6)18-11-13-42-15-18/h10-13,15-16,19,21,23,25,27,37H,9,14H2,1-8H3. The van der Waals surface area contributed by atoms with Crippen molar-refractivity contribution >= 4 is 29.5 Å². The Hall–Kier alpha value is -3.73. The van der Waals surface area contributed by atoms with Crippen LogP contribution in [0.4, 0.5) is 0 Å². The monoisotopic (exact) mass is 624 g/mol. The Morgan fingerprint density at radius 2 is 1.82 bits per heavy atom. The zero-order chi connectivity index (χ0) is 33.1. The Morgan fingerprint density at radius 3 is 2.40 bits per heavy atom. The molecule has 1 saturated heterocycles. The van der Waals surface area contributed by atoms with Crippen LogP contribution in [0.5, 0.6) is 0 Å². The van der Waals surface area contributed by atoms with Gasteiger partial charge in [0.2, 0.25) is 5.78 Å². The maximum absolute atomic E-state index is 14.9. The van der Waals surface area contributed by atoms with E-state index >= 15 is 0 Å². The average Bonchev–Trinajstić information content (AvgIpc) is 3.35. The first-order chi connectivity index (χ1) is 21.0. The highest BCUT2D eigenvalue weighted by Crippen LogP contribution is 2.82. The van der Waals surface area contributed by atoms with Crippen molar-refractivity contribution in [1.82, 2.24) is 0 Å². The van der Waals surface area contributed by atoms with E-state index in [4.69, 9.17) is 23.4 Å². The number of rotatable bonds is 6. The summed E-state index contributed by atoms with van der Waals surface area (Å²) in [5, 5.41) is 11.9. The number of aliphatic hydroxyl groups excluding tert-OH is 1. The molecule has 6 rings (SSSR count). The van der Waals surface area contributed by atoms with Crippen molar-refractivity contribution in [1.29, 1.82) is 0 Å².